The van der Waals surface area contributed by atoms with Gasteiger partial charge in [-0.15, -0.1) is 0 Å². The molecule has 0 aliphatic rings. The van der Waals surface area contributed by atoms with Crippen molar-refractivity contribution in [3.63, 3.8) is 0 Å². The van der Waals surface area contributed by atoms with Gasteiger partial charge >= 0.3 is 11.8 Å². The van der Waals surface area contributed by atoms with E-state index in [9.17, 15) is 9.59 Å². The van der Waals surface area contributed by atoms with E-state index < -0.39 is 11.8 Å². The summed E-state index contributed by atoms with van der Waals surface area (Å²) >= 11 is 6.10. The minimum atomic E-state index is -1.11. The third kappa shape index (κ3) is 5.22. The highest BCUT2D eigenvalue weighted by atomic mass is 35.5. The van der Waals surface area contributed by atoms with Crippen molar-refractivity contribution in [1.29, 1.82) is 0 Å². The van der Waals surface area contributed by atoms with E-state index in [1.807, 2.05) is 23.6 Å². The Bertz CT molecular complexity index is 808. The summed E-state index contributed by atoms with van der Waals surface area (Å²) in [4.78, 5) is 21.6. The first kappa shape index (κ1) is 18.3. The maximum atomic E-state index is 11.0. The number of hydrogen-bond donors (Lipinski definition) is 2. The number of hydrazone groups is 1. The van der Waals surface area contributed by atoms with Crippen molar-refractivity contribution in [3.05, 3.63) is 58.6 Å². The second-order valence-electron chi connectivity index (χ2n) is 4.85. The quantitative estimate of drug-likeness (QED) is 0.465. The van der Waals surface area contributed by atoms with Crippen LogP contribution in [0, 0.1) is 0 Å². The Morgan fingerprint density at radius 3 is 2.68 bits per heavy atom. The molecule has 130 valence electrons. The van der Waals surface area contributed by atoms with Crippen molar-refractivity contribution in [2.24, 2.45) is 10.8 Å². The van der Waals surface area contributed by atoms with Gasteiger partial charge in [0, 0.05) is 10.6 Å². The summed E-state index contributed by atoms with van der Waals surface area (Å²) in [7, 11) is 1.51. The van der Waals surface area contributed by atoms with Crippen LogP contribution in [0.25, 0.3) is 0 Å². The fraction of sp³-hybridized carbons (Fsp3) is 0.118. The van der Waals surface area contributed by atoms with Crippen molar-refractivity contribution in [2.45, 2.75) is 6.61 Å². The van der Waals surface area contributed by atoms with E-state index in [0.717, 1.165) is 5.56 Å². The van der Waals surface area contributed by atoms with Crippen LogP contribution >= 0.6 is 11.6 Å². The van der Waals surface area contributed by atoms with E-state index in [1.165, 1.54) is 13.3 Å². The van der Waals surface area contributed by atoms with Gasteiger partial charge in [0.15, 0.2) is 11.5 Å². The van der Waals surface area contributed by atoms with Crippen LogP contribution in [0.1, 0.15) is 11.1 Å². The number of nitrogens with zero attached hydrogens (tertiary/aromatic N) is 1. The number of halogens is 1. The second-order valence-corrected chi connectivity index (χ2v) is 5.26. The zero-order valence-electron chi connectivity index (χ0n) is 13.4. The van der Waals surface area contributed by atoms with Crippen LogP contribution < -0.4 is 20.6 Å². The molecule has 0 radical (unpaired) electrons. The lowest BCUT2D eigenvalue weighted by molar-refractivity contribution is -0.137. The Kier molecular flexibility index (Phi) is 6.36. The van der Waals surface area contributed by atoms with Crippen molar-refractivity contribution in [3.8, 4) is 11.5 Å². The number of methoxy groups -OCH3 is 1. The molecule has 0 heterocycles. The molecule has 0 atom stereocenters. The minimum Gasteiger partial charge on any atom is -0.493 e. The molecule has 2 rings (SSSR count). The standard InChI is InChI=1S/C17H16ClN3O4/c1-24-15-8-11(9-20-21-17(23)16(19)22)6-7-14(15)25-10-12-4-2-3-5-13(12)18/h2-9H,10H2,1H3,(H2,19,22)(H,21,23)/b20-9-. The topological polar surface area (TPSA) is 103 Å². The third-order valence-electron chi connectivity index (χ3n) is 3.13. The molecule has 0 saturated carbocycles. The van der Waals surface area contributed by atoms with E-state index in [-0.39, 0.29) is 6.61 Å². The van der Waals surface area contributed by atoms with Crippen LogP contribution in [0.5, 0.6) is 11.5 Å². The first-order chi connectivity index (χ1) is 12.0. The van der Waals surface area contributed by atoms with Gasteiger partial charge in [-0.3, -0.25) is 9.59 Å². The number of carbonyl (C=O) groups is 2. The van der Waals surface area contributed by atoms with E-state index in [4.69, 9.17) is 26.8 Å². The molecule has 8 heteroatoms. The van der Waals surface area contributed by atoms with Crippen LogP contribution in [0.2, 0.25) is 5.02 Å². The van der Waals surface area contributed by atoms with Gasteiger partial charge in [0.2, 0.25) is 0 Å². The molecule has 0 aliphatic carbocycles. The number of ether oxygens (including phenoxy) is 2. The Balaban J connectivity index is 2.06. The molecule has 0 fully saturated rings. The van der Waals surface area contributed by atoms with E-state index in [0.29, 0.717) is 22.1 Å². The van der Waals surface area contributed by atoms with Crippen LogP contribution in [0.3, 0.4) is 0 Å². The highest BCUT2D eigenvalue weighted by Crippen LogP contribution is 2.29. The van der Waals surface area contributed by atoms with Crippen LogP contribution in [0.4, 0.5) is 0 Å². The molecule has 3 N–H and O–H groups in total. The molecule has 0 unspecified atom stereocenters. The summed E-state index contributed by atoms with van der Waals surface area (Å²) in [6.45, 7) is 0.290. The molecule has 25 heavy (non-hydrogen) atoms. The van der Waals surface area contributed by atoms with Crippen LogP contribution in [0.15, 0.2) is 47.6 Å². The van der Waals surface area contributed by atoms with E-state index in [2.05, 4.69) is 5.10 Å². The first-order valence-electron chi connectivity index (χ1n) is 7.18. The van der Waals surface area contributed by atoms with Gasteiger partial charge in [-0.2, -0.15) is 5.10 Å². The maximum absolute atomic E-state index is 11.0. The lowest BCUT2D eigenvalue weighted by atomic mass is 10.2. The van der Waals surface area contributed by atoms with Gasteiger partial charge in [0.1, 0.15) is 6.61 Å². The van der Waals surface area contributed by atoms with Gasteiger partial charge in [-0.1, -0.05) is 29.8 Å². The molecule has 0 aliphatic heterocycles. The molecular weight excluding hydrogens is 346 g/mol. The van der Waals surface area contributed by atoms with Gasteiger partial charge in [-0.05, 0) is 29.8 Å². The summed E-state index contributed by atoms with van der Waals surface area (Å²) in [5, 5.41) is 4.25. The number of nitrogens with two attached hydrogens (primary N) is 1. The normalized spacial score (nSPS) is 10.5. The van der Waals surface area contributed by atoms with Crippen molar-refractivity contribution < 1.29 is 19.1 Å². The molecule has 2 amide bonds. The summed E-state index contributed by atoms with van der Waals surface area (Å²) < 4.78 is 11.0. The largest absolute Gasteiger partial charge is 0.493 e. The number of amides is 2. The summed E-state index contributed by atoms with van der Waals surface area (Å²) in [6, 6.07) is 12.5. The average molecular weight is 362 g/mol. The molecule has 0 saturated heterocycles. The van der Waals surface area contributed by atoms with Gasteiger partial charge in [0.05, 0.1) is 13.3 Å². The number of rotatable bonds is 6. The smallest absolute Gasteiger partial charge is 0.329 e. The van der Waals surface area contributed by atoms with Crippen molar-refractivity contribution in [1.82, 2.24) is 5.43 Å². The number of hydrogen-bond acceptors (Lipinski definition) is 5. The molecular formula is C17H16ClN3O4. The molecule has 2 aromatic rings. The van der Waals surface area contributed by atoms with Gasteiger partial charge < -0.3 is 15.2 Å². The first-order valence-corrected chi connectivity index (χ1v) is 7.56. The Labute approximate surface area is 149 Å². The van der Waals surface area contributed by atoms with Crippen molar-refractivity contribution in [2.75, 3.05) is 7.11 Å². The zero-order chi connectivity index (χ0) is 18.2. The number of benzene rings is 2. The molecule has 0 aromatic heterocycles. The molecule has 7 nitrogen and oxygen atoms in total. The summed E-state index contributed by atoms with van der Waals surface area (Å²) in [5.74, 6) is -1.10. The fourth-order valence-corrected chi connectivity index (χ4v) is 2.07. The van der Waals surface area contributed by atoms with E-state index in [1.54, 1.807) is 24.3 Å². The van der Waals surface area contributed by atoms with Crippen LogP contribution in [-0.2, 0) is 16.2 Å². The Morgan fingerprint density at radius 1 is 1.24 bits per heavy atom. The number of primary amides is 1. The zero-order valence-corrected chi connectivity index (χ0v) is 14.1. The number of nitrogens with one attached hydrogen (secondary N) is 1. The highest BCUT2D eigenvalue weighted by molar-refractivity contribution is 6.34. The predicted molar refractivity (Wildman–Crippen MR) is 93.7 cm³/mol. The van der Waals surface area contributed by atoms with Crippen LogP contribution in [-0.4, -0.2) is 25.1 Å². The Hall–Kier alpha value is -3.06. The predicted octanol–water partition coefficient (Wildman–Crippen LogP) is 1.86. The maximum Gasteiger partial charge on any atom is 0.329 e. The lowest BCUT2D eigenvalue weighted by Gasteiger charge is -2.12. The summed E-state index contributed by atoms with van der Waals surface area (Å²) in [6.07, 6.45) is 1.35. The summed E-state index contributed by atoms with van der Waals surface area (Å²) in [5.41, 5.74) is 8.29. The lowest BCUT2D eigenvalue weighted by Crippen LogP contribution is -2.32. The molecule has 0 bridgehead atoms. The average Bonchev–Trinajstić information content (AvgIpc) is 2.61. The van der Waals surface area contributed by atoms with E-state index >= 15 is 0 Å². The fourth-order valence-electron chi connectivity index (χ4n) is 1.88. The Morgan fingerprint density at radius 2 is 2.00 bits per heavy atom. The molecule has 0 spiro atoms. The SMILES string of the molecule is COc1cc(/C=N\NC(=O)C(N)=O)ccc1OCc1ccccc1Cl. The molecule has 2 aromatic carbocycles. The monoisotopic (exact) mass is 361 g/mol. The van der Waals surface area contributed by atoms with Gasteiger partial charge in [-0.25, -0.2) is 5.43 Å². The minimum absolute atomic E-state index is 0.290. The second kappa shape index (κ2) is 8.70. The number of carbonyl (C=O) groups excluding carboxylic acids is 2. The third-order valence-corrected chi connectivity index (χ3v) is 3.50. The van der Waals surface area contributed by atoms with Gasteiger partial charge in [0.25, 0.3) is 0 Å². The highest BCUT2D eigenvalue weighted by Gasteiger charge is 2.08. The van der Waals surface area contributed by atoms with Crippen molar-refractivity contribution >= 4 is 29.6 Å².